The van der Waals surface area contributed by atoms with Crippen LogP contribution in [0, 0.1) is 6.92 Å². The first-order chi connectivity index (χ1) is 10.5. The summed E-state index contributed by atoms with van der Waals surface area (Å²) in [6.45, 7) is 5.85. The number of fused-ring (bicyclic) bond motifs is 1. The molecule has 0 spiro atoms. The largest absolute Gasteiger partial charge is 0.338 e. The number of nitrogens with zero attached hydrogens (tertiary/aromatic N) is 2. The normalized spacial score (nSPS) is 12.0. The summed E-state index contributed by atoms with van der Waals surface area (Å²) in [5.74, 6) is -0.356. The predicted octanol–water partition coefficient (Wildman–Crippen LogP) is 2.26. The molecule has 7 heteroatoms. The summed E-state index contributed by atoms with van der Waals surface area (Å²) in [5, 5.41) is 5.07. The smallest absolute Gasteiger partial charge is 0.321 e. The average Bonchev–Trinajstić information content (AvgIpc) is 2.48. The van der Waals surface area contributed by atoms with Crippen LogP contribution in [0.5, 0.6) is 0 Å². The molecule has 0 unspecified atom stereocenters. The number of aryl methyl sites for hydroxylation is 1. The van der Waals surface area contributed by atoms with Crippen LogP contribution in [-0.4, -0.2) is 33.7 Å². The SMILES string of the molecule is CCNC(=O)NC(=O)[C@@H](C)Sc1nc2ccccc2nc1C. The second-order valence-corrected chi connectivity index (χ2v) is 6.04. The zero-order chi connectivity index (χ0) is 16.1. The molecule has 0 fully saturated rings. The van der Waals surface area contributed by atoms with Gasteiger partial charge in [-0.25, -0.2) is 14.8 Å². The van der Waals surface area contributed by atoms with Gasteiger partial charge in [-0.2, -0.15) is 0 Å². The Morgan fingerprint density at radius 1 is 1.23 bits per heavy atom. The molecule has 2 aromatic rings. The van der Waals surface area contributed by atoms with Gasteiger partial charge in [0, 0.05) is 6.54 Å². The Labute approximate surface area is 133 Å². The van der Waals surface area contributed by atoms with Gasteiger partial charge in [-0.3, -0.25) is 10.1 Å². The Balaban J connectivity index is 2.11. The number of thioether (sulfide) groups is 1. The number of carbonyl (C=O) groups excluding carboxylic acids is 2. The van der Waals surface area contributed by atoms with Crippen molar-refractivity contribution in [1.82, 2.24) is 20.6 Å². The zero-order valence-electron chi connectivity index (χ0n) is 12.7. The quantitative estimate of drug-likeness (QED) is 0.845. The third-order valence-electron chi connectivity index (χ3n) is 2.93. The molecule has 116 valence electrons. The third-order valence-corrected chi connectivity index (χ3v) is 4.11. The number of hydrogen-bond donors (Lipinski definition) is 2. The van der Waals surface area contributed by atoms with E-state index in [9.17, 15) is 9.59 Å². The fourth-order valence-electron chi connectivity index (χ4n) is 1.82. The number of aromatic nitrogens is 2. The van der Waals surface area contributed by atoms with Gasteiger partial charge in [-0.1, -0.05) is 23.9 Å². The van der Waals surface area contributed by atoms with Crippen molar-refractivity contribution >= 4 is 34.7 Å². The number of urea groups is 1. The van der Waals surface area contributed by atoms with Crippen LogP contribution in [-0.2, 0) is 4.79 Å². The summed E-state index contributed by atoms with van der Waals surface area (Å²) < 4.78 is 0. The van der Waals surface area contributed by atoms with Crippen LogP contribution in [0.1, 0.15) is 19.5 Å². The highest BCUT2D eigenvalue weighted by Gasteiger charge is 2.19. The summed E-state index contributed by atoms with van der Waals surface area (Å²) in [7, 11) is 0. The van der Waals surface area contributed by atoms with E-state index in [-0.39, 0.29) is 5.91 Å². The molecule has 0 bridgehead atoms. The van der Waals surface area contributed by atoms with Gasteiger partial charge in [0.1, 0.15) is 5.03 Å². The van der Waals surface area contributed by atoms with Gasteiger partial charge >= 0.3 is 6.03 Å². The van der Waals surface area contributed by atoms with Crippen molar-refractivity contribution in [2.75, 3.05) is 6.54 Å². The van der Waals surface area contributed by atoms with Crippen molar-refractivity contribution < 1.29 is 9.59 Å². The monoisotopic (exact) mass is 318 g/mol. The number of nitrogens with one attached hydrogen (secondary N) is 2. The first kappa shape index (κ1) is 16.2. The first-order valence-electron chi connectivity index (χ1n) is 7.00. The van der Waals surface area contributed by atoms with E-state index < -0.39 is 11.3 Å². The number of hydrogen-bond acceptors (Lipinski definition) is 5. The molecule has 1 atom stereocenters. The van der Waals surface area contributed by atoms with E-state index in [1.165, 1.54) is 11.8 Å². The summed E-state index contributed by atoms with van der Waals surface area (Å²) >= 11 is 1.29. The number of carbonyl (C=O) groups is 2. The first-order valence-corrected chi connectivity index (χ1v) is 7.88. The second-order valence-electron chi connectivity index (χ2n) is 4.71. The van der Waals surface area contributed by atoms with Gasteiger partial charge in [0.2, 0.25) is 5.91 Å². The van der Waals surface area contributed by atoms with E-state index in [0.29, 0.717) is 11.6 Å². The van der Waals surface area contributed by atoms with Crippen LogP contribution in [0.2, 0.25) is 0 Å². The highest BCUT2D eigenvalue weighted by molar-refractivity contribution is 8.00. The van der Waals surface area contributed by atoms with Gasteiger partial charge in [-0.15, -0.1) is 0 Å². The number of amides is 3. The molecule has 22 heavy (non-hydrogen) atoms. The molecular weight excluding hydrogens is 300 g/mol. The van der Waals surface area contributed by atoms with Crippen LogP contribution in [0.15, 0.2) is 29.3 Å². The Hall–Kier alpha value is -2.15. The molecule has 2 N–H and O–H groups in total. The molecule has 0 radical (unpaired) electrons. The fourth-order valence-corrected chi connectivity index (χ4v) is 2.69. The predicted molar refractivity (Wildman–Crippen MR) is 86.8 cm³/mol. The van der Waals surface area contributed by atoms with Crippen molar-refractivity contribution in [3.63, 3.8) is 0 Å². The molecule has 0 aliphatic heterocycles. The molecule has 2 rings (SSSR count). The van der Waals surface area contributed by atoms with Gasteiger partial charge < -0.3 is 5.32 Å². The fraction of sp³-hybridized carbons (Fsp3) is 0.333. The Morgan fingerprint density at radius 3 is 2.50 bits per heavy atom. The van der Waals surface area contributed by atoms with Crippen molar-refractivity contribution in [2.45, 2.75) is 31.0 Å². The summed E-state index contributed by atoms with van der Waals surface area (Å²) in [4.78, 5) is 32.4. The topological polar surface area (TPSA) is 84.0 Å². The lowest BCUT2D eigenvalue weighted by atomic mass is 10.3. The van der Waals surface area contributed by atoms with E-state index in [1.54, 1.807) is 13.8 Å². The Kier molecular flexibility index (Phi) is 5.32. The average molecular weight is 318 g/mol. The summed E-state index contributed by atoms with van der Waals surface area (Å²) in [6, 6.07) is 7.10. The molecule has 1 aromatic heterocycles. The molecule has 1 heterocycles. The minimum atomic E-state index is -0.485. The van der Waals surface area contributed by atoms with Crippen molar-refractivity contribution in [1.29, 1.82) is 0 Å². The van der Waals surface area contributed by atoms with Crippen molar-refractivity contribution in [2.24, 2.45) is 0 Å². The number of benzene rings is 1. The Bertz CT molecular complexity index is 705. The van der Waals surface area contributed by atoms with Crippen LogP contribution in [0.3, 0.4) is 0 Å². The molecule has 1 aromatic carbocycles. The lowest BCUT2D eigenvalue weighted by Crippen LogP contribution is -2.42. The van der Waals surface area contributed by atoms with Crippen LogP contribution >= 0.6 is 11.8 Å². The summed E-state index contributed by atoms with van der Waals surface area (Å²) in [5.41, 5.74) is 2.37. The molecule has 0 saturated heterocycles. The van der Waals surface area contributed by atoms with E-state index in [0.717, 1.165) is 16.7 Å². The minimum Gasteiger partial charge on any atom is -0.338 e. The van der Waals surface area contributed by atoms with E-state index in [4.69, 9.17) is 0 Å². The molecule has 0 aliphatic rings. The Morgan fingerprint density at radius 2 is 1.86 bits per heavy atom. The second kappa shape index (κ2) is 7.22. The minimum absolute atomic E-state index is 0.356. The standard InChI is InChI=1S/C15H18N4O2S/c1-4-16-15(21)19-13(20)10(3)22-14-9(2)17-11-7-5-6-8-12(11)18-14/h5-8,10H,4H2,1-3H3,(H2,16,19,20,21)/t10-/m1/s1. The maximum atomic E-state index is 12.0. The van der Waals surface area contributed by atoms with E-state index >= 15 is 0 Å². The van der Waals surface area contributed by atoms with Crippen LogP contribution in [0.4, 0.5) is 4.79 Å². The highest BCUT2D eigenvalue weighted by atomic mass is 32.2. The molecular formula is C15H18N4O2S. The van der Waals surface area contributed by atoms with Gasteiger partial charge in [0.05, 0.1) is 22.0 Å². The summed E-state index contributed by atoms with van der Waals surface area (Å²) in [6.07, 6.45) is 0. The number of imide groups is 1. The molecule has 0 saturated carbocycles. The molecule has 0 aliphatic carbocycles. The zero-order valence-corrected chi connectivity index (χ0v) is 13.5. The van der Waals surface area contributed by atoms with Crippen molar-refractivity contribution in [3.8, 4) is 0 Å². The lowest BCUT2D eigenvalue weighted by Gasteiger charge is -2.12. The van der Waals surface area contributed by atoms with Gasteiger partial charge in [0.25, 0.3) is 0 Å². The maximum absolute atomic E-state index is 12.0. The molecule has 6 nitrogen and oxygen atoms in total. The van der Waals surface area contributed by atoms with E-state index in [1.807, 2.05) is 31.2 Å². The van der Waals surface area contributed by atoms with Gasteiger partial charge in [0.15, 0.2) is 0 Å². The van der Waals surface area contributed by atoms with Crippen molar-refractivity contribution in [3.05, 3.63) is 30.0 Å². The van der Waals surface area contributed by atoms with E-state index in [2.05, 4.69) is 20.6 Å². The van der Waals surface area contributed by atoms with Gasteiger partial charge in [-0.05, 0) is 32.9 Å². The van der Waals surface area contributed by atoms with Crippen LogP contribution in [0.25, 0.3) is 11.0 Å². The third kappa shape index (κ3) is 3.94. The van der Waals surface area contributed by atoms with Crippen LogP contribution < -0.4 is 10.6 Å². The molecule has 3 amide bonds. The highest BCUT2D eigenvalue weighted by Crippen LogP contribution is 2.25. The number of para-hydroxylation sites is 2. The lowest BCUT2D eigenvalue weighted by molar-refractivity contribution is -0.119. The maximum Gasteiger partial charge on any atom is 0.321 e. The number of rotatable bonds is 4.